The molecule has 1 fully saturated rings. The maximum Gasteiger partial charge on any atom is 0.231 e. The molecule has 5 heteroatoms. The number of anilines is 1. The van der Waals surface area contributed by atoms with Crippen molar-refractivity contribution in [2.45, 2.75) is 38.5 Å². The first-order valence-corrected chi connectivity index (χ1v) is 7.62. The van der Waals surface area contributed by atoms with Gasteiger partial charge in [0.1, 0.15) is 0 Å². The third-order valence-corrected chi connectivity index (χ3v) is 4.41. The molecule has 0 radical (unpaired) electrons. The Labute approximate surface area is 125 Å². The van der Waals surface area contributed by atoms with E-state index in [0.29, 0.717) is 12.6 Å². The molecule has 114 valence electrons. The molecule has 3 N–H and O–H groups in total. The number of carbonyl (C=O) groups excluding carboxylic acids is 1. The van der Waals surface area contributed by atoms with E-state index in [1.54, 1.807) is 0 Å². The van der Waals surface area contributed by atoms with Crippen LogP contribution < -0.4 is 11.1 Å². The van der Waals surface area contributed by atoms with E-state index < -0.39 is 0 Å². The van der Waals surface area contributed by atoms with Crippen LogP contribution in [0.1, 0.15) is 24.5 Å². The largest absolute Gasteiger partial charge is 0.380 e. The lowest BCUT2D eigenvalue weighted by molar-refractivity contribution is -0.119. The molecule has 21 heavy (non-hydrogen) atoms. The van der Waals surface area contributed by atoms with E-state index >= 15 is 0 Å². The average Bonchev–Trinajstić information content (AvgIpc) is 2.83. The molecule has 0 spiro atoms. The zero-order chi connectivity index (χ0) is 14.8. The molecular formula is C16H23N3O2. The molecule has 2 heterocycles. The highest BCUT2D eigenvalue weighted by atomic mass is 16.5. The van der Waals surface area contributed by atoms with Gasteiger partial charge < -0.3 is 15.8 Å². The van der Waals surface area contributed by atoms with Crippen molar-refractivity contribution in [3.8, 4) is 0 Å². The van der Waals surface area contributed by atoms with Gasteiger partial charge >= 0.3 is 0 Å². The lowest BCUT2D eigenvalue weighted by Crippen LogP contribution is -2.37. The van der Waals surface area contributed by atoms with E-state index in [1.807, 2.05) is 0 Å². The zero-order valence-electron chi connectivity index (χ0n) is 12.5. The number of fused-ring (bicyclic) bond motifs is 1. The van der Waals surface area contributed by atoms with Crippen LogP contribution in [0.4, 0.5) is 5.69 Å². The minimum atomic E-state index is -0.260. The Bertz CT molecular complexity index is 532. The van der Waals surface area contributed by atoms with Gasteiger partial charge in [-0.1, -0.05) is 6.07 Å². The van der Waals surface area contributed by atoms with Gasteiger partial charge in [-0.15, -0.1) is 0 Å². The smallest absolute Gasteiger partial charge is 0.231 e. The van der Waals surface area contributed by atoms with Crippen LogP contribution in [0.2, 0.25) is 0 Å². The highest BCUT2D eigenvalue weighted by molar-refractivity contribution is 5.76. The van der Waals surface area contributed by atoms with Crippen LogP contribution in [0.25, 0.3) is 0 Å². The Balaban J connectivity index is 1.70. The summed E-state index contributed by atoms with van der Waals surface area (Å²) in [5.74, 6) is -0.260. The molecule has 1 aromatic rings. The number of ether oxygens (including phenoxy) is 1. The monoisotopic (exact) mass is 289 g/mol. The summed E-state index contributed by atoms with van der Waals surface area (Å²) in [5.41, 5.74) is 9.09. The van der Waals surface area contributed by atoms with Crippen molar-refractivity contribution >= 4 is 11.6 Å². The summed E-state index contributed by atoms with van der Waals surface area (Å²) in [5, 5.41) is 3.56. The maximum atomic E-state index is 11.1. The van der Waals surface area contributed by atoms with E-state index in [2.05, 4.69) is 35.3 Å². The summed E-state index contributed by atoms with van der Waals surface area (Å²) in [7, 11) is 0. The van der Waals surface area contributed by atoms with Crippen LogP contribution >= 0.6 is 0 Å². The van der Waals surface area contributed by atoms with Crippen LogP contribution in [-0.4, -0.2) is 42.6 Å². The van der Waals surface area contributed by atoms with Gasteiger partial charge in [0.15, 0.2) is 0 Å². The van der Waals surface area contributed by atoms with E-state index in [-0.39, 0.29) is 12.0 Å². The molecule has 2 atom stereocenters. The highest BCUT2D eigenvalue weighted by Crippen LogP contribution is 2.25. The number of hydrogen-bond donors (Lipinski definition) is 2. The van der Waals surface area contributed by atoms with Gasteiger partial charge in [-0.2, -0.15) is 0 Å². The minimum Gasteiger partial charge on any atom is -0.380 e. The fourth-order valence-electron chi connectivity index (χ4n) is 3.20. The van der Waals surface area contributed by atoms with E-state index in [1.165, 1.54) is 11.1 Å². The van der Waals surface area contributed by atoms with Crippen molar-refractivity contribution in [2.24, 2.45) is 5.73 Å². The van der Waals surface area contributed by atoms with Crippen LogP contribution in [0.5, 0.6) is 0 Å². The molecule has 5 nitrogen and oxygen atoms in total. The molecule has 3 rings (SSSR count). The Morgan fingerprint density at radius 3 is 3.05 bits per heavy atom. The Kier molecular flexibility index (Phi) is 4.12. The van der Waals surface area contributed by atoms with Crippen molar-refractivity contribution in [1.82, 2.24) is 4.90 Å². The average molecular weight is 289 g/mol. The molecular weight excluding hydrogens is 266 g/mol. The lowest BCUT2D eigenvalue weighted by atomic mass is 9.98. The normalized spacial score (nSPS) is 25.6. The molecule has 0 saturated carbocycles. The van der Waals surface area contributed by atoms with Gasteiger partial charge in [-0.25, -0.2) is 0 Å². The van der Waals surface area contributed by atoms with Crippen molar-refractivity contribution in [3.05, 3.63) is 29.3 Å². The standard InChI is InChI=1S/C16H23N3O2/c1-11-15(5-7-21-11)18-14-3-2-12-4-6-19(10-16(17)20)9-13(12)8-14/h2-3,8,11,15,18H,4-7,9-10H2,1H3,(H2,17,20)/t11-,15-/m0/s1. The number of rotatable bonds is 4. The summed E-state index contributed by atoms with van der Waals surface area (Å²) < 4.78 is 5.59. The van der Waals surface area contributed by atoms with E-state index in [9.17, 15) is 4.79 Å². The summed E-state index contributed by atoms with van der Waals surface area (Å²) in [6.07, 6.45) is 2.28. The number of nitrogens with two attached hydrogens (primary N) is 1. The van der Waals surface area contributed by atoms with Gasteiger partial charge in [0.2, 0.25) is 5.91 Å². The molecule has 1 saturated heterocycles. The predicted octanol–water partition coefficient (Wildman–Crippen LogP) is 1.12. The second-order valence-corrected chi connectivity index (χ2v) is 6.03. The Hall–Kier alpha value is -1.59. The highest BCUT2D eigenvalue weighted by Gasteiger charge is 2.24. The molecule has 0 bridgehead atoms. The van der Waals surface area contributed by atoms with Crippen LogP contribution in [0.15, 0.2) is 18.2 Å². The quantitative estimate of drug-likeness (QED) is 0.871. The molecule has 0 aliphatic carbocycles. The molecule has 2 aliphatic rings. The van der Waals surface area contributed by atoms with Gasteiger partial charge in [0.25, 0.3) is 0 Å². The first-order valence-electron chi connectivity index (χ1n) is 7.62. The van der Waals surface area contributed by atoms with E-state index in [4.69, 9.17) is 10.5 Å². The number of carbonyl (C=O) groups is 1. The molecule has 0 unspecified atom stereocenters. The predicted molar refractivity (Wildman–Crippen MR) is 82.1 cm³/mol. The van der Waals surface area contributed by atoms with Crippen molar-refractivity contribution < 1.29 is 9.53 Å². The maximum absolute atomic E-state index is 11.1. The Morgan fingerprint density at radius 1 is 1.48 bits per heavy atom. The first-order chi connectivity index (χ1) is 10.1. The fourth-order valence-corrected chi connectivity index (χ4v) is 3.20. The fraction of sp³-hybridized carbons (Fsp3) is 0.562. The summed E-state index contributed by atoms with van der Waals surface area (Å²) in [6.45, 7) is 4.97. The third kappa shape index (κ3) is 3.36. The SMILES string of the molecule is C[C@@H]1OCC[C@@H]1Nc1ccc2c(c1)CN(CC(N)=O)CC2. The number of primary amides is 1. The molecule has 2 aliphatic heterocycles. The third-order valence-electron chi connectivity index (χ3n) is 4.41. The molecule has 0 aromatic heterocycles. The van der Waals surface area contributed by atoms with Gasteiger partial charge in [0.05, 0.1) is 18.7 Å². The number of benzene rings is 1. The summed E-state index contributed by atoms with van der Waals surface area (Å²) >= 11 is 0. The van der Waals surface area contributed by atoms with Crippen LogP contribution in [0.3, 0.4) is 0 Å². The second-order valence-electron chi connectivity index (χ2n) is 6.03. The van der Waals surface area contributed by atoms with Crippen molar-refractivity contribution in [2.75, 3.05) is 25.0 Å². The van der Waals surface area contributed by atoms with Gasteiger partial charge in [0, 0.05) is 25.4 Å². The molecule has 1 amide bonds. The van der Waals surface area contributed by atoms with Gasteiger partial charge in [-0.05, 0) is 43.0 Å². The number of amides is 1. The lowest BCUT2D eigenvalue weighted by Gasteiger charge is -2.28. The summed E-state index contributed by atoms with van der Waals surface area (Å²) in [4.78, 5) is 13.2. The zero-order valence-corrected chi connectivity index (χ0v) is 12.5. The van der Waals surface area contributed by atoms with Crippen LogP contribution in [-0.2, 0) is 22.5 Å². The first kappa shape index (κ1) is 14.4. The van der Waals surface area contributed by atoms with Crippen LogP contribution in [0, 0.1) is 0 Å². The van der Waals surface area contributed by atoms with Crippen molar-refractivity contribution in [3.63, 3.8) is 0 Å². The second kappa shape index (κ2) is 6.03. The molecule has 1 aromatic carbocycles. The number of nitrogens with one attached hydrogen (secondary N) is 1. The van der Waals surface area contributed by atoms with Crippen molar-refractivity contribution in [1.29, 1.82) is 0 Å². The van der Waals surface area contributed by atoms with Gasteiger partial charge in [-0.3, -0.25) is 9.69 Å². The Morgan fingerprint density at radius 2 is 2.33 bits per heavy atom. The van der Waals surface area contributed by atoms with E-state index in [0.717, 1.165) is 38.2 Å². The minimum absolute atomic E-state index is 0.257. The number of hydrogen-bond acceptors (Lipinski definition) is 4. The number of nitrogens with zero attached hydrogens (tertiary/aromatic N) is 1. The summed E-state index contributed by atoms with van der Waals surface area (Å²) in [6, 6.07) is 6.93. The topological polar surface area (TPSA) is 67.6 Å².